The molecule has 2 aromatic heterocycles. The smallest absolute Gasteiger partial charge is 0.170 e. The highest BCUT2D eigenvalue weighted by atomic mass is 35.5. The van der Waals surface area contributed by atoms with Gasteiger partial charge in [0.1, 0.15) is 16.7 Å². The normalized spacial score (nSPS) is 11.6. The molecule has 110 valence electrons. The van der Waals surface area contributed by atoms with Gasteiger partial charge in [0.2, 0.25) is 0 Å². The van der Waals surface area contributed by atoms with Crippen LogP contribution in [0.15, 0.2) is 12.1 Å². The molecule has 0 aliphatic carbocycles. The molecule has 9 heteroatoms. The van der Waals surface area contributed by atoms with E-state index in [1.165, 1.54) is 0 Å². The molecule has 21 heavy (non-hydrogen) atoms. The number of rotatable bonds is 5. The van der Waals surface area contributed by atoms with Crippen LogP contribution in [-0.2, 0) is 6.54 Å². The highest BCUT2D eigenvalue weighted by Crippen LogP contribution is 2.28. The van der Waals surface area contributed by atoms with Crippen LogP contribution in [-0.4, -0.2) is 35.5 Å². The first-order chi connectivity index (χ1) is 10.2. The summed E-state index contributed by atoms with van der Waals surface area (Å²) in [5, 5.41) is 15.7. The minimum Gasteiger partial charge on any atom is -0.310 e. The van der Waals surface area contributed by atoms with Crippen LogP contribution in [0.3, 0.4) is 0 Å². The average molecular weight is 324 g/mol. The van der Waals surface area contributed by atoms with E-state index in [1.54, 1.807) is 10.7 Å². The molecule has 0 aliphatic heterocycles. The third-order valence-corrected chi connectivity index (χ3v) is 3.78. The lowest BCUT2D eigenvalue weighted by molar-refractivity contribution is 0.538. The van der Waals surface area contributed by atoms with Gasteiger partial charge in [0.15, 0.2) is 5.82 Å². The van der Waals surface area contributed by atoms with Crippen LogP contribution in [0.25, 0.3) is 16.7 Å². The molecule has 7 nitrogen and oxygen atoms in total. The maximum Gasteiger partial charge on any atom is 0.170 e. The number of tetrazole rings is 1. The van der Waals surface area contributed by atoms with Crippen molar-refractivity contribution in [3.05, 3.63) is 23.0 Å². The number of hydrogen-bond donors (Lipinski definition) is 1. The molecule has 1 N–H and O–H groups in total. The molecule has 0 saturated heterocycles. The molecule has 3 rings (SSSR count). The van der Waals surface area contributed by atoms with E-state index in [1.807, 2.05) is 6.07 Å². The quantitative estimate of drug-likeness (QED) is 0.774. The second-order valence-electron chi connectivity index (χ2n) is 5.06. The van der Waals surface area contributed by atoms with Gasteiger partial charge in [-0.15, -0.1) is 5.10 Å². The number of nitrogens with zero attached hydrogens (tertiary/aromatic N) is 6. The Hall–Kier alpha value is -1.64. The van der Waals surface area contributed by atoms with Crippen LogP contribution in [0.5, 0.6) is 0 Å². The third-order valence-electron chi connectivity index (χ3n) is 2.93. The van der Waals surface area contributed by atoms with E-state index in [0.717, 1.165) is 23.8 Å². The maximum atomic E-state index is 6.31. The predicted molar refractivity (Wildman–Crippen MR) is 81.7 cm³/mol. The summed E-state index contributed by atoms with van der Waals surface area (Å²) in [6, 6.07) is 3.62. The van der Waals surface area contributed by atoms with Crippen LogP contribution in [0.2, 0.25) is 5.02 Å². The first-order valence-electron chi connectivity index (χ1n) is 6.56. The Kier molecular flexibility index (Phi) is 4.09. The fourth-order valence-electron chi connectivity index (χ4n) is 1.98. The highest BCUT2D eigenvalue weighted by molar-refractivity contribution is 7.00. The Bertz CT molecular complexity index is 751. The summed E-state index contributed by atoms with van der Waals surface area (Å²) in [6.07, 6.45) is 0. The van der Waals surface area contributed by atoms with Crippen molar-refractivity contribution in [1.29, 1.82) is 0 Å². The summed E-state index contributed by atoms with van der Waals surface area (Å²) in [5.74, 6) is 1.25. The van der Waals surface area contributed by atoms with Crippen molar-refractivity contribution in [3.8, 4) is 5.69 Å². The highest BCUT2D eigenvalue weighted by Gasteiger charge is 2.17. The number of halogens is 1. The van der Waals surface area contributed by atoms with Crippen molar-refractivity contribution in [2.45, 2.75) is 20.4 Å². The van der Waals surface area contributed by atoms with E-state index in [4.69, 9.17) is 11.6 Å². The summed E-state index contributed by atoms with van der Waals surface area (Å²) in [4.78, 5) is 0. The number of benzene rings is 1. The van der Waals surface area contributed by atoms with Gasteiger partial charge in [-0.1, -0.05) is 25.4 Å². The minimum atomic E-state index is 0.549. The number of hydrogen-bond acceptors (Lipinski definition) is 7. The lowest BCUT2D eigenvalue weighted by Gasteiger charge is -2.09. The molecule has 3 aromatic rings. The molecule has 0 amide bonds. The fourth-order valence-corrected chi connectivity index (χ4v) is 2.75. The van der Waals surface area contributed by atoms with Gasteiger partial charge in [0, 0.05) is 0 Å². The topological polar surface area (TPSA) is 81.4 Å². The number of nitrogens with one attached hydrogen (secondary N) is 1. The van der Waals surface area contributed by atoms with Gasteiger partial charge in [0.05, 0.1) is 23.3 Å². The molecular weight excluding hydrogens is 310 g/mol. The Balaban J connectivity index is 1.98. The van der Waals surface area contributed by atoms with Gasteiger partial charge >= 0.3 is 0 Å². The van der Waals surface area contributed by atoms with Crippen molar-refractivity contribution >= 4 is 34.4 Å². The second kappa shape index (κ2) is 6.00. The van der Waals surface area contributed by atoms with E-state index in [9.17, 15) is 0 Å². The minimum absolute atomic E-state index is 0.549. The van der Waals surface area contributed by atoms with Crippen molar-refractivity contribution in [2.24, 2.45) is 5.92 Å². The lowest BCUT2D eigenvalue weighted by Crippen LogP contribution is -2.21. The second-order valence-corrected chi connectivity index (χ2v) is 6.00. The van der Waals surface area contributed by atoms with E-state index < -0.39 is 0 Å². The summed E-state index contributed by atoms with van der Waals surface area (Å²) in [7, 11) is 0. The molecule has 0 radical (unpaired) electrons. The van der Waals surface area contributed by atoms with E-state index in [-0.39, 0.29) is 0 Å². The van der Waals surface area contributed by atoms with Crippen LogP contribution in [0, 0.1) is 5.92 Å². The lowest BCUT2D eigenvalue weighted by atomic mass is 10.2. The Morgan fingerprint density at radius 3 is 3.00 bits per heavy atom. The Morgan fingerprint density at radius 1 is 1.33 bits per heavy atom. The number of aromatic nitrogens is 6. The van der Waals surface area contributed by atoms with Gasteiger partial charge in [-0.25, -0.2) is 0 Å². The summed E-state index contributed by atoms with van der Waals surface area (Å²) < 4.78 is 10.1. The average Bonchev–Trinajstić information content (AvgIpc) is 3.07. The van der Waals surface area contributed by atoms with Crippen LogP contribution >= 0.6 is 23.3 Å². The van der Waals surface area contributed by atoms with Crippen molar-refractivity contribution < 1.29 is 0 Å². The zero-order valence-corrected chi connectivity index (χ0v) is 13.2. The molecular formula is C12H14ClN7S. The molecule has 2 heterocycles. The summed E-state index contributed by atoms with van der Waals surface area (Å²) in [6.45, 7) is 5.75. The fraction of sp³-hybridized carbons (Fsp3) is 0.417. The Morgan fingerprint density at radius 2 is 2.19 bits per heavy atom. The standard InChI is InChI=1S/C12H14ClN7S/c1-7(2)5-14-6-10-15-18-19-20(10)12-8(13)3-4-9-11(12)17-21-16-9/h3-4,7,14H,5-6H2,1-2H3. The van der Waals surface area contributed by atoms with Crippen LogP contribution in [0.4, 0.5) is 0 Å². The van der Waals surface area contributed by atoms with Gasteiger partial charge in [-0.05, 0) is 35.0 Å². The molecule has 0 fully saturated rings. The third kappa shape index (κ3) is 2.87. The van der Waals surface area contributed by atoms with Crippen molar-refractivity contribution in [3.63, 3.8) is 0 Å². The molecule has 0 atom stereocenters. The zero-order chi connectivity index (χ0) is 14.8. The SMILES string of the molecule is CC(C)CNCc1nnnn1-c1c(Cl)ccc2nsnc12. The van der Waals surface area contributed by atoms with Gasteiger partial charge < -0.3 is 5.32 Å². The van der Waals surface area contributed by atoms with Gasteiger partial charge in [-0.2, -0.15) is 13.4 Å². The molecule has 0 aliphatic rings. The predicted octanol–water partition coefficient (Wildman–Crippen LogP) is 2.07. The largest absolute Gasteiger partial charge is 0.310 e. The summed E-state index contributed by atoms with van der Waals surface area (Å²) in [5.41, 5.74) is 2.18. The van der Waals surface area contributed by atoms with Crippen molar-refractivity contribution in [1.82, 2.24) is 34.3 Å². The van der Waals surface area contributed by atoms with E-state index in [2.05, 4.69) is 43.4 Å². The molecule has 0 unspecified atom stereocenters. The van der Waals surface area contributed by atoms with Crippen LogP contribution < -0.4 is 5.32 Å². The summed E-state index contributed by atoms with van der Waals surface area (Å²) >= 11 is 7.45. The van der Waals surface area contributed by atoms with Gasteiger partial charge in [0.25, 0.3) is 0 Å². The first kappa shape index (κ1) is 14.3. The zero-order valence-electron chi connectivity index (χ0n) is 11.6. The van der Waals surface area contributed by atoms with Crippen molar-refractivity contribution in [2.75, 3.05) is 6.54 Å². The molecule has 0 saturated carbocycles. The van der Waals surface area contributed by atoms with E-state index >= 15 is 0 Å². The molecule has 1 aromatic carbocycles. The van der Waals surface area contributed by atoms with Crippen LogP contribution in [0.1, 0.15) is 19.7 Å². The molecule has 0 bridgehead atoms. The first-order valence-corrected chi connectivity index (χ1v) is 7.66. The maximum absolute atomic E-state index is 6.31. The monoisotopic (exact) mass is 323 g/mol. The molecule has 0 spiro atoms. The van der Waals surface area contributed by atoms with E-state index in [0.29, 0.717) is 34.5 Å². The Labute approximate surface area is 130 Å². The van der Waals surface area contributed by atoms with Gasteiger partial charge in [-0.3, -0.25) is 0 Å². The number of fused-ring (bicyclic) bond motifs is 1.